The Labute approximate surface area is 416 Å². The normalized spacial score (nSPS) is 19.8. The third kappa shape index (κ3) is 11.8. The first-order chi connectivity index (χ1) is 34.5. The van der Waals surface area contributed by atoms with Gasteiger partial charge in [-0.2, -0.15) is 0 Å². The van der Waals surface area contributed by atoms with Crippen molar-refractivity contribution in [3.8, 4) is 23.0 Å². The van der Waals surface area contributed by atoms with Crippen LogP contribution in [0, 0.1) is 11.8 Å². The minimum Gasteiger partial charge on any atom is -0.493 e. The number of esters is 1. The Morgan fingerprint density at radius 2 is 1.65 bits per heavy atom. The van der Waals surface area contributed by atoms with Gasteiger partial charge in [0.1, 0.15) is 29.9 Å². The highest BCUT2D eigenvalue weighted by atomic mass is 16.6. The molecule has 4 aliphatic rings. The summed E-state index contributed by atoms with van der Waals surface area (Å²) in [5.74, 6) is -1.29. The van der Waals surface area contributed by atoms with E-state index in [0.29, 0.717) is 41.5 Å². The number of carbonyl (C=O) groups is 6. The molecular weight excluding hydrogens is 931 g/mol. The maximum Gasteiger partial charge on any atom is 0.415 e. The van der Waals surface area contributed by atoms with Crippen LogP contribution in [-0.4, -0.2) is 136 Å². The SMILES string of the molecule is COc1ccc2c3c1O[C@H]1C(OC(=O)N(C)[C@@H](CNC(=O)[C@@H](CCCN=C(N)N)CC(=O)CNC(C)=O)C(=O)NCCOc4ccc(C(=O)Oc5ccc(N=C(N)N)cc5)cc4)=CC[C@H]4[C@@H](C2)N(C)CC[C@]314. The van der Waals surface area contributed by atoms with Gasteiger partial charge in [0.05, 0.1) is 31.5 Å². The van der Waals surface area contributed by atoms with Crippen LogP contribution in [0.1, 0.15) is 60.5 Å². The summed E-state index contributed by atoms with van der Waals surface area (Å²) in [5.41, 5.74) is 24.4. The fourth-order valence-electron chi connectivity index (χ4n) is 10.1. The summed E-state index contributed by atoms with van der Waals surface area (Å²) in [6, 6.07) is 15.4. The number of rotatable bonds is 22. The van der Waals surface area contributed by atoms with Gasteiger partial charge < -0.3 is 67.5 Å². The van der Waals surface area contributed by atoms with Crippen LogP contribution in [0.2, 0.25) is 0 Å². The number of piperidine rings is 1. The van der Waals surface area contributed by atoms with E-state index in [1.807, 2.05) is 12.1 Å². The molecule has 2 aliphatic carbocycles. The van der Waals surface area contributed by atoms with Crippen LogP contribution in [-0.2, 0) is 35.8 Å². The van der Waals surface area contributed by atoms with Crippen molar-refractivity contribution in [3.05, 3.63) is 89.2 Å². The maximum atomic E-state index is 14.3. The van der Waals surface area contributed by atoms with Crippen molar-refractivity contribution in [1.82, 2.24) is 25.8 Å². The van der Waals surface area contributed by atoms with Gasteiger partial charge in [-0.15, -0.1) is 0 Å². The largest absolute Gasteiger partial charge is 0.493 e. The quantitative estimate of drug-likeness (QED) is 0.0247. The lowest BCUT2D eigenvalue weighted by Crippen LogP contribution is -2.63. The van der Waals surface area contributed by atoms with Gasteiger partial charge in [0.25, 0.3) is 0 Å². The van der Waals surface area contributed by atoms with Gasteiger partial charge in [-0.05, 0) is 118 Å². The third-order valence-electron chi connectivity index (χ3n) is 13.6. The number of nitrogens with two attached hydrogens (primary N) is 4. The summed E-state index contributed by atoms with van der Waals surface area (Å²) in [5, 5.41) is 8.02. The van der Waals surface area contributed by atoms with Crippen molar-refractivity contribution in [3.63, 3.8) is 0 Å². The van der Waals surface area contributed by atoms with E-state index >= 15 is 0 Å². The Balaban J connectivity index is 1.03. The Hall–Kier alpha value is -7.88. The highest BCUT2D eigenvalue weighted by molar-refractivity contribution is 5.92. The molecule has 6 atom stereocenters. The molecule has 0 saturated carbocycles. The number of likely N-dealkylation sites (tertiary alicyclic amines) is 1. The second-order valence-corrected chi connectivity index (χ2v) is 18.2. The molecule has 2 heterocycles. The second kappa shape index (κ2) is 22.9. The minimum absolute atomic E-state index is 0.0173. The molecule has 1 fully saturated rings. The molecule has 72 heavy (non-hydrogen) atoms. The Kier molecular flexibility index (Phi) is 16.5. The number of aliphatic imine (C=N–C) groups is 2. The smallest absolute Gasteiger partial charge is 0.415 e. The molecule has 22 nitrogen and oxygen atoms in total. The van der Waals surface area contributed by atoms with Gasteiger partial charge in [-0.1, -0.05) is 6.07 Å². The van der Waals surface area contributed by atoms with Crippen LogP contribution in [0.3, 0.4) is 0 Å². The zero-order valence-electron chi connectivity index (χ0n) is 40.8. The number of guanidine groups is 2. The Morgan fingerprint density at radius 1 is 0.917 bits per heavy atom. The summed E-state index contributed by atoms with van der Waals surface area (Å²) >= 11 is 0. The van der Waals surface area contributed by atoms with Gasteiger partial charge in [-0.25, -0.2) is 14.6 Å². The number of ether oxygens (including phenoxy) is 5. The lowest BCUT2D eigenvalue weighted by molar-refractivity contribution is -0.131. The monoisotopic (exact) mass is 993 g/mol. The maximum absolute atomic E-state index is 14.3. The van der Waals surface area contributed by atoms with E-state index < -0.39 is 53.3 Å². The first-order valence-corrected chi connectivity index (χ1v) is 23.7. The fourth-order valence-corrected chi connectivity index (χ4v) is 10.1. The zero-order chi connectivity index (χ0) is 51.7. The van der Waals surface area contributed by atoms with E-state index in [0.717, 1.165) is 29.8 Å². The Morgan fingerprint density at radius 3 is 2.35 bits per heavy atom. The number of likely N-dealkylation sites (N-methyl/N-ethyl adjacent to an activating group) is 2. The van der Waals surface area contributed by atoms with E-state index in [2.05, 4.69) is 43.9 Å². The molecule has 0 radical (unpaired) electrons. The van der Waals surface area contributed by atoms with Crippen molar-refractivity contribution in [1.29, 1.82) is 0 Å². The van der Waals surface area contributed by atoms with Crippen molar-refractivity contribution in [2.45, 2.75) is 69.1 Å². The molecule has 0 unspecified atom stereocenters. The van der Waals surface area contributed by atoms with E-state index in [9.17, 15) is 28.8 Å². The van der Waals surface area contributed by atoms with Crippen LogP contribution in [0.5, 0.6) is 23.0 Å². The molecule has 1 saturated heterocycles. The molecule has 3 aromatic carbocycles. The van der Waals surface area contributed by atoms with Crippen LogP contribution in [0.4, 0.5) is 10.5 Å². The van der Waals surface area contributed by atoms with Crippen molar-refractivity contribution in [2.75, 3.05) is 60.5 Å². The number of hydrogen-bond acceptors (Lipinski definition) is 14. The lowest BCUT2D eigenvalue weighted by atomic mass is 9.53. The summed E-state index contributed by atoms with van der Waals surface area (Å²) in [4.78, 5) is 91.0. The highest BCUT2D eigenvalue weighted by Gasteiger charge is 2.65. The minimum atomic E-state index is -1.32. The third-order valence-corrected chi connectivity index (χ3v) is 13.6. The summed E-state index contributed by atoms with van der Waals surface area (Å²) in [6.07, 6.45) is 2.98. The molecule has 384 valence electrons. The lowest BCUT2D eigenvalue weighted by Gasteiger charge is -2.56. The zero-order valence-corrected chi connectivity index (χ0v) is 40.8. The van der Waals surface area contributed by atoms with Crippen LogP contribution in [0.15, 0.2) is 82.5 Å². The van der Waals surface area contributed by atoms with E-state index in [1.165, 1.54) is 31.7 Å². The van der Waals surface area contributed by atoms with E-state index in [-0.39, 0.29) is 86.6 Å². The van der Waals surface area contributed by atoms with Gasteiger partial charge >= 0.3 is 12.1 Å². The number of carbonyl (C=O) groups excluding carboxylic acids is 6. The average molecular weight is 994 g/mol. The number of benzene rings is 3. The van der Waals surface area contributed by atoms with Gasteiger partial charge in [-0.3, -0.25) is 29.1 Å². The predicted molar refractivity (Wildman–Crippen MR) is 265 cm³/mol. The highest BCUT2D eigenvalue weighted by Crippen LogP contribution is 2.63. The number of methoxy groups -OCH3 is 1. The standard InChI is InChI=1S/C50H63N11O11/c1-28(62)57-26-33(63)24-31(6-5-20-56-47(51)52)44(64)58-27-38(45(65)55-21-23-69-34-12-7-29(8-13-34)46(66)70-35-14-10-32(11-15-35)59-48(53)54)61(3)49(67)71-40-18-16-36-37-25-30-9-17-39(68-4)42-41(30)50(36,43(40)72-42)19-22-60(37)2/h7-15,17-18,31,36-38,43H,5-6,16,19-27H2,1-4H3,(H,55,65)(H,57,62)(H,58,64)(H4,51,52,56)(H4,53,54,59)/t31-,36-,37+,38-,43-,50-/m0/s1. The van der Waals surface area contributed by atoms with E-state index in [1.54, 1.807) is 43.5 Å². The number of allylic oxidation sites excluding steroid dienone is 1. The van der Waals surface area contributed by atoms with E-state index in [4.69, 9.17) is 46.6 Å². The number of ketones is 1. The summed E-state index contributed by atoms with van der Waals surface area (Å²) in [6.45, 7) is 1.60. The molecule has 2 bridgehead atoms. The van der Waals surface area contributed by atoms with Crippen LogP contribution >= 0.6 is 0 Å². The molecule has 7 rings (SSSR count). The van der Waals surface area contributed by atoms with Crippen molar-refractivity contribution >= 4 is 53.2 Å². The van der Waals surface area contributed by atoms with Crippen LogP contribution < -0.4 is 57.8 Å². The van der Waals surface area contributed by atoms with Crippen molar-refractivity contribution in [2.24, 2.45) is 44.8 Å². The number of hydrogen-bond donors (Lipinski definition) is 7. The molecule has 2 aliphatic heterocycles. The van der Waals surface area contributed by atoms with Crippen molar-refractivity contribution < 1.29 is 52.5 Å². The summed E-state index contributed by atoms with van der Waals surface area (Å²) in [7, 11) is 5.13. The second-order valence-electron chi connectivity index (χ2n) is 18.2. The fraction of sp³-hybridized carbons (Fsp3) is 0.440. The molecule has 11 N–H and O–H groups in total. The Bertz CT molecular complexity index is 2620. The number of Topliss-reactive ketones (excluding diaryl/α,β-unsaturated/α-hetero) is 1. The van der Waals surface area contributed by atoms with Gasteiger partial charge in [0.15, 0.2) is 35.3 Å². The topological polar surface area (TPSA) is 320 Å². The average Bonchev–Trinajstić information content (AvgIpc) is 3.71. The van der Waals surface area contributed by atoms with Gasteiger partial charge in [0.2, 0.25) is 17.7 Å². The predicted octanol–water partition coefficient (Wildman–Crippen LogP) is 1.50. The first-order valence-electron chi connectivity index (χ1n) is 23.7. The molecule has 0 aromatic heterocycles. The molecule has 3 aromatic rings. The summed E-state index contributed by atoms with van der Waals surface area (Å²) < 4.78 is 30.0. The molecular formula is C50H63N11O11. The molecule has 4 amide bonds. The molecule has 1 spiro atoms. The number of amides is 4. The van der Waals surface area contributed by atoms with Crippen LogP contribution in [0.25, 0.3) is 0 Å². The molecule has 22 heteroatoms. The first kappa shape index (κ1) is 52.0. The van der Waals surface area contributed by atoms with Gasteiger partial charge in [0, 0.05) is 56.4 Å². The number of nitrogens with one attached hydrogen (secondary N) is 3. The number of nitrogens with zero attached hydrogens (tertiary/aromatic N) is 4.